The van der Waals surface area contributed by atoms with Crippen LogP contribution in [0.1, 0.15) is 54.1 Å². The summed E-state index contributed by atoms with van der Waals surface area (Å²) in [5.41, 5.74) is 2.93. The third-order valence-electron chi connectivity index (χ3n) is 6.34. The summed E-state index contributed by atoms with van der Waals surface area (Å²) in [4.78, 5) is 11.7. The van der Waals surface area contributed by atoms with E-state index in [1.165, 1.54) is 16.7 Å². The third kappa shape index (κ3) is 4.48. The Bertz CT molecular complexity index is 1220. The molecule has 0 amide bonds. The van der Waals surface area contributed by atoms with E-state index in [0.29, 0.717) is 24.8 Å². The van der Waals surface area contributed by atoms with Crippen molar-refractivity contribution >= 4 is 6.34 Å². The number of benzene rings is 3. The molecule has 1 atom stereocenters. The Morgan fingerprint density at radius 2 is 1.46 bits per heavy atom. The number of unbranched alkanes of at least 4 members (excludes halogenated alkanes) is 1. The highest BCUT2D eigenvalue weighted by Crippen LogP contribution is 2.43. The van der Waals surface area contributed by atoms with Gasteiger partial charge in [-0.15, -0.1) is 0 Å². The van der Waals surface area contributed by atoms with Crippen LogP contribution < -0.4 is 0 Å². The van der Waals surface area contributed by atoms with Crippen molar-refractivity contribution in [3.05, 3.63) is 119 Å². The molecule has 0 bridgehead atoms. The lowest BCUT2D eigenvalue weighted by Gasteiger charge is -2.46. The number of rotatable bonds is 6. The average molecular weight is 461 g/mol. The predicted molar refractivity (Wildman–Crippen MR) is 138 cm³/mol. The van der Waals surface area contributed by atoms with Crippen LogP contribution in [0.4, 0.5) is 0 Å². The maximum Gasteiger partial charge on any atom is 0.246 e. The Hall–Kier alpha value is -4.17. The molecule has 1 aliphatic heterocycles. The second kappa shape index (κ2) is 10.4. The summed E-state index contributed by atoms with van der Waals surface area (Å²) >= 11 is 0. The van der Waals surface area contributed by atoms with Gasteiger partial charge in [0.05, 0.1) is 18.8 Å². The van der Waals surface area contributed by atoms with Crippen molar-refractivity contribution in [2.24, 2.45) is 4.99 Å². The Labute approximate surface area is 206 Å². The third-order valence-corrected chi connectivity index (χ3v) is 6.34. The smallest absolute Gasteiger partial charge is 0.246 e. The minimum Gasteiger partial charge on any atom is -0.344 e. The van der Waals surface area contributed by atoms with Gasteiger partial charge in [0.25, 0.3) is 0 Å². The van der Waals surface area contributed by atoms with E-state index < -0.39 is 5.54 Å². The van der Waals surface area contributed by atoms with Gasteiger partial charge in [0.15, 0.2) is 0 Å². The van der Waals surface area contributed by atoms with Gasteiger partial charge in [0.1, 0.15) is 5.54 Å². The molecule has 0 N–H and O–H groups in total. The van der Waals surface area contributed by atoms with Crippen LogP contribution in [0.3, 0.4) is 0 Å². The first kappa shape index (κ1) is 22.6. The molecule has 0 saturated heterocycles. The Morgan fingerprint density at radius 3 is 2.00 bits per heavy atom. The first-order chi connectivity index (χ1) is 17.3. The normalized spacial score (nSPS) is 15.5. The zero-order valence-electron chi connectivity index (χ0n) is 19.8. The summed E-state index contributed by atoms with van der Waals surface area (Å²) in [6.07, 6.45) is 3.80. The van der Waals surface area contributed by atoms with Crippen LogP contribution in [-0.2, 0) is 5.54 Å². The van der Waals surface area contributed by atoms with Gasteiger partial charge >= 0.3 is 0 Å². The van der Waals surface area contributed by atoms with Gasteiger partial charge in [-0.3, -0.25) is 4.99 Å². The molecule has 0 radical (unpaired) electrons. The molecule has 0 aliphatic carbocycles. The molecule has 1 unspecified atom stereocenters. The summed E-state index contributed by atoms with van der Waals surface area (Å²) in [7, 11) is 0. The van der Waals surface area contributed by atoms with Crippen LogP contribution in [-0.4, -0.2) is 34.5 Å². The highest BCUT2D eigenvalue weighted by atomic mass is 16.5. The van der Waals surface area contributed by atoms with Crippen molar-refractivity contribution in [1.29, 1.82) is 0 Å². The maximum absolute atomic E-state index is 5.65. The molecule has 1 aromatic heterocycles. The van der Waals surface area contributed by atoms with E-state index in [4.69, 9.17) is 9.52 Å². The number of hydrogen-bond acceptors (Lipinski definition) is 5. The molecule has 0 fully saturated rings. The fourth-order valence-corrected chi connectivity index (χ4v) is 4.75. The van der Waals surface area contributed by atoms with Crippen LogP contribution in [0, 0.1) is 11.8 Å². The maximum atomic E-state index is 5.65. The lowest BCUT2D eigenvalue weighted by atomic mass is 9.75. The summed E-state index contributed by atoms with van der Waals surface area (Å²) in [5.74, 6) is 7.08. The van der Waals surface area contributed by atoms with Gasteiger partial charge < -0.3 is 9.42 Å². The minimum atomic E-state index is -0.574. The number of aromatic nitrogens is 2. The van der Waals surface area contributed by atoms with Gasteiger partial charge in [0.2, 0.25) is 11.7 Å². The zero-order valence-corrected chi connectivity index (χ0v) is 19.8. The second-order valence-electron chi connectivity index (χ2n) is 8.65. The molecule has 5 heteroatoms. The van der Waals surface area contributed by atoms with Crippen LogP contribution in [0.25, 0.3) is 0 Å². The largest absolute Gasteiger partial charge is 0.344 e. The fraction of sp³-hybridized carbons (Fsp3) is 0.233. The van der Waals surface area contributed by atoms with Crippen molar-refractivity contribution in [2.75, 3.05) is 13.1 Å². The van der Waals surface area contributed by atoms with E-state index in [2.05, 4.69) is 125 Å². The first-order valence-corrected chi connectivity index (χ1v) is 12.1. The number of aliphatic imine (C=N–C) groups is 1. The molecule has 5 rings (SSSR count). The number of hydrogen-bond donors (Lipinski definition) is 0. The molecular weight excluding hydrogens is 432 g/mol. The standard InChI is InChI=1S/C30H28N4O/c1-2-3-7-20-28-32-29(35-33-28)24-21-31-23-34(22-24)30(25-14-8-4-9-15-25,26-16-10-5-11-17-26)27-18-12-6-13-19-27/h4-6,8-19,23-24H,2-3,21-22H2,1H3. The Balaban J connectivity index is 1.61. The lowest BCUT2D eigenvalue weighted by Crippen LogP contribution is -2.50. The quantitative estimate of drug-likeness (QED) is 0.276. The van der Waals surface area contributed by atoms with E-state index >= 15 is 0 Å². The van der Waals surface area contributed by atoms with Crippen LogP contribution in [0.5, 0.6) is 0 Å². The van der Waals surface area contributed by atoms with Crippen LogP contribution >= 0.6 is 0 Å². The molecule has 174 valence electrons. The summed E-state index contributed by atoms with van der Waals surface area (Å²) in [6, 6.07) is 31.8. The van der Waals surface area contributed by atoms with Crippen LogP contribution in [0.2, 0.25) is 0 Å². The molecule has 35 heavy (non-hydrogen) atoms. The van der Waals surface area contributed by atoms with E-state index in [9.17, 15) is 0 Å². The molecule has 2 heterocycles. The van der Waals surface area contributed by atoms with Crippen molar-refractivity contribution in [3.8, 4) is 11.8 Å². The lowest BCUT2D eigenvalue weighted by molar-refractivity contribution is 0.228. The van der Waals surface area contributed by atoms with E-state index in [1.807, 2.05) is 6.34 Å². The second-order valence-corrected chi connectivity index (χ2v) is 8.65. The SMILES string of the molecule is CCCC#Cc1noc(C2CN=CN(C(c3ccccc3)(c3ccccc3)c3ccccc3)C2)n1. The van der Waals surface area contributed by atoms with E-state index in [0.717, 1.165) is 12.8 Å². The topological polar surface area (TPSA) is 54.5 Å². The molecule has 0 spiro atoms. The highest BCUT2D eigenvalue weighted by molar-refractivity contribution is 5.64. The molecule has 5 nitrogen and oxygen atoms in total. The summed E-state index contributed by atoms with van der Waals surface area (Å²) < 4.78 is 5.65. The van der Waals surface area contributed by atoms with Gasteiger partial charge in [-0.05, 0) is 34.2 Å². The molecule has 1 aliphatic rings. The van der Waals surface area contributed by atoms with Crippen molar-refractivity contribution in [3.63, 3.8) is 0 Å². The molecule has 3 aromatic carbocycles. The highest BCUT2D eigenvalue weighted by Gasteiger charge is 2.43. The minimum absolute atomic E-state index is 0.0373. The predicted octanol–water partition coefficient (Wildman–Crippen LogP) is 5.64. The zero-order chi connectivity index (χ0) is 23.9. The van der Waals surface area contributed by atoms with Gasteiger partial charge in [-0.25, -0.2) is 0 Å². The monoisotopic (exact) mass is 460 g/mol. The average Bonchev–Trinajstić information content (AvgIpc) is 3.41. The Morgan fingerprint density at radius 1 is 0.886 bits per heavy atom. The van der Waals surface area contributed by atoms with Gasteiger partial charge in [-0.1, -0.05) is 104 Å². The van der Waals surface area contributed by atoms with Gasteiger partial charge in [0, 0.05) is 13.0 Å². The van der Waals surface area contributed by atoms with E-state index in [-0.39, 0.29) is 5.92 Å². The van der Waals surface area contributed by atoms with Crippen LogP contribution in [0.15, 0.2) is 101 Å². The van der Waals surface area contributed by atoms with Crippen molar-refractivity contribution < 1.29 is 4.52 Å². The van der Waals surface area contributed by atoms with Crippen molar-refractivity contribution in [1.82, 2.24) is 15.0 Å². The molecule has 0 saturated carbocycles. The van der Waals surface area contributed by atoms with Crippen molar-refractivity contribution in [2.45, 2.75) is 31.2 Å². The Kier molecular flexibility index (Phi) is 6.72. The van der Waals surface area contributed by atoms with E-state index in [1.54, 1.807) is 0 Å². The fourth-order valence-electron chi connectivity index (χ4n) is 4.75. The summed E-state index contributed by atoms with van der Waals surface area (Å²) in [5, 5.41) is 4.09. The molecule has 4 aromatic rings. The molecular formula is C30H28N4O. The first-order valence-electron chi connectivity index (χ1n) is 12.1. The number of nitrogens with zero attached hydrogens (tertiary/aromatic N) is 4. The van der Waals surface area contributed by atoms with Gasteiger partial charge in [-0.2, -0.15) is 4.98 Å². The summed E-state index contributed by atoms with van der Waals surface area (Å²) in [6.45, 7) is 3.37.